The number of nitrogens with zero attached hydrogens (tertiary/aromatic N) is 2. The van der Waals surface area contributed by atoms with E-state index >= 15 is 0 Å². The minimum absolute atomic E-state index is 0.487. The van der Waals surface area contributed by atoms with Gasteiger partial charge >= 0.3 is 0 Å². The normalized spacial score (nSPS) is 28.1. The lowest BCUT2D eigenvalue weighted by atomic mass is 9.72. The Labute approximate surface area is 85.3 Å². The lowest BCUT2D eigenvalue weighted by molar-refractivity contribution is 0.144. The van der Waals surface area contributed by atoms with Gasteiger partial charge in [0.25, 0.3) is 0 Å². The van der Waals surface area contributed by atoms with Crippen LogP contribution in [0.4, 0.5) is 0 Å². The van der Waals surface area contributed by atoms with Crippen LogP contribution < -0.4 is 0 Å². The summed E-state index contributed by atoms with van der Waals surface area (Å²) in [6.45, 7) is 4.64. The van der Waals surface area contributed by atoms with Gasteiger partial charge in [0, 0.05) is 23.9 Å². The Kier molecular flexibility index (Phi) is 1.59. The zero-order valence-corrected chi connectivity index (χ0v) is 9.03. The third-order valence-electron chi connectivity index (χ3n) is 4.20. The molecule has 1 unspecified atom stereocenters. The van der Waals surface area contributed by atoms with E-state index < -0.39 is 0 Å². The van der Waals surface area contributed by atoms with Crippen LogP contribution in [0.15, 0.2) is 12.4 Å². The molecule has 1 spiro atoms. The predicted molar refractivity (Wildman–Crippen MR) is 56.2 cm³/mol. The van der Waals surface area contributed by atoms with Crippen LogP contribution in [-0.4, -0.2) is 9.55 Å². The zero-order valence-electron chi connectivity index (χ0n) is 9.03. The van der Waals surface area contributed by atoms with E-state index in [1.165, 1.54) is 31.5 Å². The van der Waals surface area contributed by atoms with Crippen LogP contribution in [0.3, 0.4) is 0 Å². The molecule has 2 heteroatoms. The van der Waals surface area contributed by atoms with Gasteiger partial charge in [0.15, 0.2) is 0 Å². The van der Waals surface area contributed by atoms with Gasteiger partial charge in [0.2, 0.25) is 0 Å². The number of hydrogen-bond donors (Lipinski definition) is 0. The molecule has 0 radical (unpaired) electrons. The Morgan fingerprint density at radius 1 is 1.50 bits per heavy atom. The van der Waals surface area contributed by atoms with E-state index in [9.17, 15) is 0 Å². The standard InChI is InChI=1S/C12H18N2/c1-9(2)10-8-12(4-3-5-12)14-7-6-13-11(10)14/h6-7,9-10H,3-5,8H2,1-2H3. The largest absolute Gasteiger partial charge is 0.329 e. The topological polar surface area (TPSA) is 17.8 Å². The van der Waals surface area contributed by atoms with Crippen molar-refractivity contribution in [2.24, 2.45) is 5.92 Å². The highest BCUT2D eigenvalue weighted by Gasteiger charge is 2.48. The summed E-state index contributed by atoms with van der Waals surface area (Å²) in [6, 6.07) is 0. The summed E-state index contributed by atoms with van der Waals surface area (Å²) in [6.07, 6.45) is 9.66. The molecule has 0 N–H and O–H groups in total. The highest BCUT2D eigenvalue weighted by Crippen LogP contribution is 2.53. The molecule has 14 heavy (non-hydrogen) atoms. The second kappa shape index (κ2) is 2.62. The molecule has 2 aliphatic rings. The fourth-order valence-corrected chi connectivity index (χ4v) is 3.15. The van der Waals surface area contributed by atoms with Gasteiger partial charge in [-0.15, -0.1) is 0 Å². The summed E-state index contributed by atoms with van der Waals surface area (Å²) in [4.78, 5) is 4.54. The molecular weight excluding hydrogens is 172 g/mol. The van der Waals surface area contributed by atoms with Gasteiger partial charge in [-0.2, -0.15) is 0 Å². The van der Waals surface area contributed by atoms with Crippen molar-refractivity contribution in [2.75, 3.05) is 0 Å². The van der Waals surface area contributed by atoms with Crippen LogP contribution in [0.25, 0.3) is 0 Å². The first kappa shape index (κ1) is 8.51. The average molecular weight is 190 g/mol. The summed E-state index contributed by atoms with van der Waals surface area (Å²) >= 11 is 0. The average Bonchev–Trinajstić information content (AvgIpc) is 2.57. The minimum atomic E-state index is 0.487. The Morgan fingerprint density at radius 3 is 2.86 bits per heavy atom. The second-order valence-electron chi connectivity index (χ2n) is 5.29. The monoisotopic (exact) mass is 190 g/mol. The van der Waals surface area contributed by atoms with Crippen molar-refractivity contribution in [3.63, 3.8) is 0 Å². The molecule has 3 rings (SSSR count). The highest BCUT2D eigenvalue weighted by molar-refractivity contribution is 5.17. The first-order valence-electron chi connectivity index (χ1n) is 5.77. The van der Waals surface area contributed by atoms with Crippen LogP contribution in [0.1, 0.15) is 51.3 Å². The van der Waals surface area contributed by atoms with Crippen LogP contribution in [0.2, 0.25) is 0 Å². The first-order chi connectivity index (χ1) is 6.73. The molecule has 0 amide bonds. The number of fused-ring (bicyclic) bond motifs is 2. The maximum Gasteiger partial charge on any atom is 0.112 e. The molecule has 2 heterocycles. The molecule has 1 aromatic rings. The number of hydrogen-bond acceptors (Lipinski definition) is 1. The molecule has 0 aromatic carbocycles. The van der Waals surface area contributed by atoms with E-state index in [1.807, 2.05) is 6.20 Å². The third-order valence-corrected chi connectivity index (χ3v) is 4.20. The van der Waals surface area contributed by atoms with Crippen molar-refractivity contribution in [1.29, 1.82) is 0 Å². The quantitative estimate of drug-likeness (QED) is 0.665. The molecule has 1 atom stereocenters. The van der Waals surface area contributed by atoms with E-state index in [1.54, 1.807) is 0 Å². The maximum absolute atomic E-state index is 4.54. The summed E-state index contributed by atoms with van der Waals surface area (Å²) in [5.41, 5.74) is 0.487. The minimum Gasteiger partial charge on any atom is -0.329 e. The molecule has 1 aliphatic carbocycles. The van der Waals surface area contributed by atoms with E-state index in [-0.39, 0.29) is 0 Å². The third kappa shape index (κ3) is 0.891. The van der Waals surface area contributed by atoms with Gasteiger partial charge in [0.05, 0.1) is 0 Å². The maximum atomic E-state index is 4.54. The number of aromatic nitrogens is 2. The first-order valence-corrected chi connectivity index (χ1v) is 5.77. The van der Waals surface area contributed by atoms with Gasteiger partial charge in [-0.25, -0.2) is 4.98 Å². The van der Waals surface area contributed by atoms with Crippen molar-refractivity contribution in [3.05, 3.63) is 18.2 Å². The van der Waals surface area contributed by atoms with Crippen molar-refractivity contribution >= 4 is 0 Å². The van der Waals surface area contributed by atoms with Crippen LogP contribution in [-0.2, 0) is 5.54 Å². The molecule has 2 nitrogen and oxygen atoms in total. The lowest BCUT2D eigenvalue weighted by Crippen LogP contribution is -2.37. The molecule has 0 saturated heterocycles. The summed E-state index contributed by atoms with van der Waals surface area (Å²) in [5, 5.41) is 0. The molecule has 1 fully saturated rings. The van der Waals surface area contributed by atoms with Crippen molar-refractivity contribution in [1.82, 2.24) is 9.55 Å². The van der Waals surface area contributed by atoms with Crippen LogP contribution in [0.5, 0.6) is 0 Å². The Bertz CT molecular complexity index is 347. The summed E-state index contributed by atoms with van der Waals surface area (Å²) < 4.78 is 2.47. The summed E-state index contributed by atoms with van der Waals surface area (Å²) in [7, 11) is 0. The molecule has 76 valence electrons. The van der Waals surface area contributed by atoms with Crippen molar-refractivity contribution < 1.29 is 0 Å². The van der Waals surface area contributed by atoms with Gasteiger partial charge < -0.3 is 4.57 Å². The van der Waals surface area contributed by atoms with Gasteiger partial charge in [-0.3, -0.25) is 0 Å². The molecule has 0 bridgehead atoms. The SMILES string of the molecule is CC(C)C1CC2(CCC2)n2ccnc21. The van der Waals surface area contributed by atoms with Crippen molar-refractivity contribution in [3.8, 4) is 0 Å². The lowest BCUT2D eigenvalue weighted by Gasteiger charge is -2.40. The second-order valence-corrected chi connectivity index (χ2v) is 5.29. The zero-order chi connectivity index (χ0) is 9.76. The van der Waals surface area contributed by atoms with Gasteiger partial charge in [0.1, 0.15) is 5.82 Å². The smallest absolute Gasteiger partial charge is 0.112 e. The Morgan fingerprint density at radius 2 is 2.29 bits per heavy atom. The highest BCUT2D eigenvalue weighted by atomic mass is 15.2. The van der Waals surface area contributed by atoms with E-state index in [4.69, 9.17) is 0 Å². The van der Waals surface area contributed by atoms with Crippen LogP contribution in [0, 0.1) is 5.92 Å². The summed E-state index contributed by atoms with van der Waals surface area (Å²) in [5.74, 6) is 2.78. The Balaban J connectivity index is 2.04. The molecular formula is C12H18N2. The van der Waals surface area contributed by atoms with Gasteiger partial charge in [-0.1, -0.05) is 13.8 Å². The predicted octanol–water partition coefficient (Wildman–Crippen LogP) is 2.91. The van der Waals surface area contributed by atoms with Crippen molar-refractivity contribution in [2.45, 2.75) is 51.0 Å². The van der Waals surface area contributed by atoms with E-state index in [0.717, 1.165) is 5.92 Å². The number of imidazole rings is 1. The van der Waals surface area contributed by atoms with Crippen LogP contribution >= 0.6 is 0 Å². The molecule has 1 aromatic heterocycles. The molecule has 1 aliphatic heterocycles. The van der Waals surface area contributed by atoms with E-state index in [2.05, 4.69) is 29.6 Å². The number of rotatable bonds is 1. The molecule has 1 saturated carbocycles. The fraction of sp³-hybridized carbons (Fsp3) is 0.750. The van der Waals surface area contributed by atoms with E-state index in [0.29, 0.717) is 11.5 Å². The van der Waals surface area contributed by atoms with Gasteiger partial charge in [-0.05, 0) is 31.6 Å². The Hall–Kier alpha value is -0.790. The fourth-order valence-electron chi connectivity index (χ4n) is 3.15.